The lowest BCUT2D eigenvalue weighted by Crippen LogP contribution is -2.42. The van der Waals surface area contributed by atoms with E-state index in [2.05, 4.69) is 22.8 Å². The van der Waals surface area contributed by atoms with Gasteiger partial charge in [-0.05, 0) is 18.9 Å². The standard InChI is InChI=1S/C15H22N2O2S/c1-12(13-6-3-2-4-7-13)19-9-5-8-16-15(18)14-10-20-11-17-14/h2-4,6-7,12,14,17H,5,8-11H2,1H3,(H,16,18). The Labute approximate surface area is 124 Å². The minimum atomic E-state index is -0.0239. The van der Waals surface area contributed by atoms with Gasteiger partial charge in [0.2, 0.25) is 5.91 Å². The maximum atomic E-state index is 11.7. The molecule has 1 fully saturated rings. The first-order valence-corrected chi connectivity index (χ1v) is 8.18. The van der Waals surface area contributed by atoms with E-state index in [4.69, 9.17) is 4.74 Å². The van der Waals surface area contributed by atoms with Gasteiger partial charge in [0.1, 0.15) is 0 Å². The first-order chi connectivity index (χ1) is 9.77. The number of hydrogen-bond acceptors (Lipinski definition) is 4. The molecule has 1 aliphatic rings. The summed E-state index contributed by atoms with van der Waals surface area (Å²) < 4.78 is 5.76. The van der Waals surface area contributed by atoms with Crippen molar-refractivity contribution in [2.24, 2.45) is 0 Å². The summed E-state index contributed by atoms with van der Waals surface area (Å²) in [5.41, 5.74) is 1.18. The molecule has 0 aliphatic carbocycles. The quantitative estimate of drug-likeness (QED) is 0.755. The molecule has 2 atom stereocenters. The van der Waals surface area contributed by atoms with Gasteiger partial charge in [0.05, 0.1) is 12.1 Å². The third-order valence-electron chi connectivity index (χ3n) is 3.29. The van der Waals surface area contributed by atoms with Gasteiger partial charge in [-0.1, -0.05) is 30.3 Å². The molecule has 2 unspecified atom stereocenters. The second-order valence-electron chi connectivity index (χ2n) is 4.84. The predicted molar refractivity (Wildman–Crippen MR) is 82.7 cm³/mol. The van der Waals surface area contributed by atoms with Gasteiger partial charge < -0.3 is 10.1 Å². The number of ether oxygens (including phenoxy) is 1. The lowest BCUT2D eigenvalue weighted by Gasteiger charge is -2.14. The molecule has 0 spiro atoms. The van der Waals surface area contributed by atoms with E-state index >= 15 is 0 Å². The molecule has 0 bridgehead atoms. The van der Waals surface area contributed by atoms with Gasteiger partial charge in [-0.15, -0.1) is 11.8 Å². The molecular formula is C15H22N2O2S. The fraction of sp³-hybridized carbons (Fsp3) is 0.533. The summed E-state index contributed by atoms with van der Waals surface area (Å²) in [5, 5.41) is 6.10. The van der Waals surface area contributed by atoms with E-state index in [-0.39, 0.29) is 18.1 Å². The third kappa shape index (κ3) is 4.81. The largest absolute Gasteiger partial charge is 0.374 e. The molecule has 110 valence electrons. The van der Waals surface area contributed by atoms with Gasteiger partial charge in [-0.25, -0.2) is 0 Å². The van der Waals surface area contributed by atoms with Crippen LogP contribution in [0.1, 0.15) is 25.0 Å². The Balaban J connectivity index is 1.56. The van der Waals surface area contributed by atoms with Crippen LogP contribution in [-0.2, 0) is 9.53 Å². The van der Waals surface area contributed by atoms with Crippen molar-refractivity contribution in [1.29, 1.82) is 0 Å². The van der Waals surface area contributed by atoms with Crippen LogP contribution in [0.5, 0.6) is 0 Å². The number of carbonyl (C=O) groups excluding carboxylic acids is 1. The van der Waals surface area contributed by atoms with E-state index in [1.165, 1.54) is 5.56 Å². The smallest absolute Gasteiger partial charge is 0.238 e. The predicted octanol–water partition coefficient (Wildman–Crippen LogP) is 1.93. The highest BCUT2D eigenvalue weighted by Crippen LogP contribution is 2.15. The van der Waals surface area contributed by atoms with Crippen LogP contribution in [-0.4, -0.2) is 36.7 Å². The van der Waals surface area contributed by atoms with Crippen molar-refractivity contribution in [2.75, 3.05) is 24.8 Å². The molecule has 20 heavy (non-hydrogen) atoms. The van der Waals surface area contributed by atoms with Crippen molar-refractivity contribution in [3.8, 4) is 0 Å². The van der Waals surface area contributed by atoms with Gasteiger partial charge in [0.15, 0.2) is 0 Å². The number of amides is 1. The molecule has 1 aliphatic heterocycles. The van der Waals surface area contributed by atoms with Crippen molar-refractivity contribution in [2.45, 2.75) is 25.5 Å². The summed E-state index contributed by atoms with van der Waals surface area (Å²) in [6.45, 7) is 3.37. The van der Waals surface area contributed by atoms with Crippen LogP contribution in [0.4, 0.5) is 0 Å². The van der Waals surface area contributed by atoms with Crippen LogP contribution in [0.2, 0.25) is 0 Å². The Morgan fingerprint density at radius 1 is 1.50 bits per heavy atom. The van der Waals surface area contributed by atoms with Gasteiger partial charge >= 0.3 is 0 Å². The monoisotopic (exact) mass is 294 g/mol. The molecular weight excluding hydrogens is 272 g/mol. The van der Waals surface area contributed by atoms with Crippen molar-refractivity contribution in [1.82, 2.24) is 10.6 Å². The third-order valence-corrected chi connectivity index (χ3v) is 4.23. The van der Waals surface area contributed by atoms with E-state index in [0.717, 1.165) is 18.1 Å². The van der Waals surface area contributed by atoms with E-state index in [1.807, 2.05) is 25.1 Å². The summed E-state index contributed by atoms with van der Waals surface area (Å²) >= 11 is 1.76. The minimum Gasteiger partial charge on any atom is -0.374 e. The number of rotatable bonds is 7. The summed E-state index contributed by atoms with van der Waals surface area (Å²) in [6, 6.07) is 10.1. The zero-order valence-corrected chi connectivity index (χ0v) is 12.6. The molecule has 0 aromatic heterocycles. The molecule has 0 saturated carbocycles. The van der Waals surface area contributed by atoms with Gasteiger partial charge in [0.25, 0.3) is 0 Å². The second kappa shape index (κ2) is 8.29. The highest BCUT2D eigenvalue weighted by molar-refractivity contribution is 7.99. The zero-order valence-electron chi connectivity index (χ0n) is 11.8. The number of nitrogens with one attached hydrogen (secondary N) is 2. The van der Waals surface area contributed by atoms with Gasteiger partial charge in [0, 0.05) is 24.8 Å². The average Bonchev–Trinajstić information content (AvgIpc) is 3.01. The second-order valence-corrected chi connectivity index (χ2v) is 5.87. The molecule has 2 N–H and O–H groups in total. The molecule has 2 rings (SSSR count). The molecule has 4 nitrogen and oxygen atoms in total. The van der Waals surface area contributed by atoms with Crippen molar-refractivity contribution >= 4 is 17.7 Å². The van der Waals surface area contributed by atoms with Crippen molar-refractivity contribution in [3.63, 3.8) is 0 Å². The van der Waals surface area contributed by atoms with E-state index in [9.17, 15) is 4.79 Å². The van der Waals surface area contributed by atoms with Crippen LogP contribution in [0, 0.1) is 0 Å². The average molecular weight is 294 g/mol. The molecule has 5 heteroatoms. The van der Waals surface area contributed by atoms with Crippen molar-refractivity contribution < 1.29 is 9.53 Å². The molecule has 1 heterocycles. The number of carbonyl (C=O) groups is 1. The van der Waals surface area contributed by atoms with Crippen LogP contribution in [0.25, 0.3) is 0 Å². The summed E-state index contributed by atoms with van der Waals surface area (Å²) in [4.78, 5) is 11.7. The van der Waals surface area contributed by atoms with Crippen LogP contribution < -0.4 is 10.6 Å². The maximum Gasteiger partial charge on any atom is 0.238 e. The lowest BCUT2D eigenvalue weighted by atomic mass is 10.1. The Bertz CT molecular complexity index is 408. The summed E-state index contributed by atoms with van der Waals surface area (Å²) in [7, 11) is 0. The van der Waals surface area contributed by atoms with Gasteiger partial charge in [-0.2, -0.15) is 0 Å². The summed E-state index contributed by atoms with van der Waals surface area (Å²) in [5.74, 6) is 1.84. The van der Waals surface area contributed by atoms with Crippen molar-refractivity contribution in [3.05, 3.63) is 35.9 Å². The Morgan fingerprint density at radius 2 is 2.30 bits per heavy atom. The molecule has 1 amide bonds. The highest BCUT2D eigenvalue weighted by atomic mass is 32.2. The number of hydrogen-bond donors (Lipinski definition) is 2. The Kier molecular flexibility index (Phi) is 6.36. The maximum absolute atomic E-state index is 11.7. The van der Waals surface area contributed by atoms with E-state index in [1.54, 1.807) is 11.8 Å². The first-order valence-electron chi connectivity index (χ1n) is 7.03. The lowest BCUT2D eigenvalue weighted by molar-refractivity contribution is -0.122. The Hall–Kier alpha value is -1.04. The van der Waals surface area contributed by atoms with Crippen LogP contribution >= 0.6 is 11.8 Å². The minimum absolute atomic E-state index is 0.0239. The normalized spacial score (nSPS) is 19.8. The van der Waals surface area contributed by atoms with Crippen LogP contribution in [0.15, 0.2) is 30.3 Å². The fourth-order valence-electron chi connectivity index (χ4n) is 2.05. The molecule has 1 saturated heterocycles. The zero-order chi connectivity index (χ0) is 14.2. The van der Waals surface area contributed by atoms with Gasteiger partial charge in [-0.3, -0.25) is 10.1 Å². The molecule has 1 aromatic rings. The topological polar surface area (TPSA) is 50.4 Å². The number of thioether (sulfide) groups is 1. The van der Waals surface area contributed by atoms with E-state index in [0.29, 0.717) is 13.2 Å². The molecule has 1 aromatic carbocycles. The van der Waals surface area contributed by atoms with E-state index < -0.39 is 0 Å². The molecule has 0 radical (unpaired) electrons. The first kappa shape index (κ1) is 15.4. The summed E-state index contributed by atoms with van der Waals surface area (Å²) in [6.07, 6.45) is 0.933. The Morgan fingerprint density at radius 3 is 3.00 bits per heavy atom. The number of benzene rings is 1. The highest BCUT2D eigenvalue weighted by Gasteiger charge is 2.21. The SMILES string of the molecule is CC(OCCCNC(=O)C1CSCN1)c1ccccc1. The van der Waals surface area contributed by atoms with Crippen LogP contribution in [0.3, 0.4) is 0 Å². The fourth-order valence-corrected chi connectivity index (χ4v) is 2.99.